The van der Waals surface area contributed by atoms with Crippen molar-refractivity contribution < 1.29 is 8.42 Å². The average molecular weight is 424 g/mol. The molecule has 1 aliphatic rings. The van der Waals surface area contributed by atoms with E-state index in [2.05, 4.69) is 37.4 Å². The molecular weight excluding hydrogens is 402 g/mol. The van der Waals surface area contributed by atoms with Crippen LogP contribution < -0.4 is 9.62 Å². The first kappa shape index (κ1) is 18.2. The van der Waals surface area contributed by atoms with Gasteiger partial charge >= 0.3 is 0 Å². The lowest BCUT2D eigenvalue weighted by Gasteiger charge is -2.36. The molecule has 3 rings (SSSR count). The van der Waals surface area contributed by atoms with Crippen molar-refractivity contribution in [1.29, 1.82) is 0 Å². The highest BCUT2D eigenvalue weighted by atomic mass is 79.9. The molecule has 0 saturated carbocycles. The lowest BCUT2D eigenvalue weighted by molar-refractivity contribution is 0.271. The van der Waals surface area contributed by atoms with Gasteiger partial charge in [-0.25, -0.2) is 8.42 Å². The maximum Gasteiger partial charge on any atom is 0.261 e. The number of hydrogen-bond donors (Lipinski definition) is 1. The number of nitrogens with one attached hydrogen (secondary N) is 1. The van der Waals surface area contributed by atoms with Crippen LogP contribution in [0.1, 0.15) is 6.92 Å². The molecule has 1 fully saturated rings. The van der Waals surface area contributed by atoms with Crippen LogP contribution in [0.5, 0.6) is 0 Å². The second kappa shape index (κ2) is 7.76. The highest BCUT2D eigenvalue weighted by Gasteiger charge is 2.21. The summed E-state index contributed by atoms with van der Waals surface area (Å²) in [6.45, 7) is 6.98. The second-order valence-corrected chi connectivity index (χ2v) is 8.60. The third-order valence-corrected chi connectivity index (χ3v) is 6.34. The molecule has 0 radical (unpaired) electrons. The van der Waals surface area contributed by atoms with Crippen LogP contribution in [0.15, 0.2) is 57.9 Å². The van der Waals surface area contributed by atoms with Gasteiger partial charge in [0.05, 0.1) is 16.3 Å². The molecule has 0 aromatic heterocycles. The number of benzene rings is 2. The van der Waals surface area contributed by atoms with Crippen LogP contribution in [0, 0.1) is 0 Å². The molecule has 2 aromatic rings. The topological polar surface area (TPSA) is 52.6 Å². The Morgan fingerprint density at radius 2 is 1.64 bits per heavy atom. The van der Waals surface area contributed by atoms with Crippen molar-refractivity contribution >= 4 is 37.3 Å². The standard InChI is InChI=1S/C18H22BrN3O2S/c1-2-21-11-13-22(14-12-21)18-6-4-3-5-17(18)20-25(23,24)16-9-7-15(19)8-10-16/h3-10,20H,2,11-14H2,1H3. The predicted molar refractivity (Wildman–Crippen MR) is 106 cm³/mol. The quantitative estimate of drug-likeness (QED) is 0.800. The third kappa shape index (κ3) is 4.34. The lowest BCUT2D eigenvalue weighted by atomic mass is 10.2. The minimum absolute atomic E-state index is 0.251. The second-order valence-electron chi connectivity index (χ2n) is 6.00. The Morgan fingerprint density at radius 1 is 1.00 bits per heavy atom. The molecule has 0 amide bonds. The van der Waals surface area contributed by atoms with E-state index in [1.807, 2.05) is 24.3 Å². The number of nitrogens with zero attached hydrogens (tertiary/aromatic N) is 2. The number of sulfonamides is 1. The van der Waals surface area contributed by atoms with Gasteiger partial charge in [0.25, 0.3) is 10.0 Å². The molecule has 1 N–H and O–H groups in total. The molecule has 7 heteroatoms. The summed E-state index contributed by atoms with van der Waals surface area (Å²) in [5.41, 5.74) is 1.55. The third-order valence-electron chi connectivity index (χ3n) is 4.43. The van der Waals surface area contributed by atoms with Crippen molar-refractivity contribution in [1.82, 2.24) is 4.90 Å². The first-order valence-corrected chi connectivity index (χ1v) is 10.6. The lowest BCUT2D eigenvalue weighted by Crippen LogP contribution is -2.46. The Hall–Kier alpha value is -1.57. The zero-order valence-electron chi connectivity index (χ0n) is 14.2. The molecule has 0 aliphatic carbocycles. The van der Waals surface area contributed by atoms with Crippen LogP contribution in [-0.4, -0.2) is 46.0 Å². The van der Waals surface area contributed by atoms with Gasteiger partial charge in [-0.3, -0.25) is 4.72 Å². The van der Waals surface area contributed by atoms with Gasteiger partial charge in [-0.15, -0.1) is 0 Å². The van der Waals surface area contributed by atoms with E-state index in [9.17, 15) is 8.42 Å². The van der Waals surface area contributed by atoms with Gasteiger partial charge in [-0.2, -0.15) is 0 Å². The summed E-state index contributed by atoms with van der Waals surface area (Å²) in [5.74, 6) is 0. The van der Waals surface area contributed by atoms with E-state index in [0.717, 1.165) is 42.9 Å². The van der Waals surface area contributed by atoms with Crippen molar-refractivity contribution in [2.75, 3.05) is 42.3 Å². The van der Waals surface area contributed by atoms with Crippen LogP contribution in [0.2, 0.25) is 0 Å². The van der Waals surface area contributed by atoms with Gasteiger partial charge in [0, 0.05) is 30.7 Å². The number of halogens is 1. The van der Waals surface area contributed by atoms with E-state index in [1.54, 1.807) is 24.3 Å². The van der Waals surface area contributed by atoms with Crippen LogP contribution in [0.4, 0.5) is 11.4 Å². The summed E-state index contributed by atoms with van der Waals surface area (Å²) in [6, 6.07) is 14.2. The van der Waals surface area contributed by atoms with Crippen LogP contribution >= 0.6 is 15.9 Å². The van der Waals surface area contributed by atoms with Gasteiger partial charge in [0.2, 0.25) is 0 Å². The number of para-hydroxylation sites is 2. The normalized spacial score (nSPS) is 16.0. The first-order valence-electron chi connectivity index (χ1n) is 8.34. The van der Waals surface area contributed by atoms with Gasteiger partial charge in [-0.1, -0.05) is 35.0 Å². The highest BCUT2D eigenvalue weighted by Crippen LogP contribution is 2.29. The summed E-state index contributed by atoms with van der Waals surface area (Å²) in [7, 11) is -3.61. The van der Waals surface area contributed by atoms with Crippen LogP contribution in [0.25, 0.3) is 0 Å². The summed E-state index contributed by atoms with van der Waals surface area (Å²) >= 11 is 3.33. The van der Waals surface area contributed by atoms with E-state index >= 15 is 0 Å². The number of anilines is 2. The Kier molecular flexibility index (Phi) is 5.66. The molecule has 0 spiro atoms. The monoisotopic (exact) mass is 423 g/mol. The fourth-order valence-electron chi connectivity index (χ4n) is 2.96. The number of piperazine rings is 1. The van der Waals surface area contributed by atoms with Crippen LogP contribution in [0.3, 0.4) is 0 Å². The Balaban J connectivity index is 1.82. The molecule has 1 heterocycles. The van der Waals surface area contributed by atoms with Gasteiger partial charge in [-0.05, 0) is 42.9 Å². The first-order chi connectivity index (χ1) is 12.0. The van der Waals surface area contributed by atoms with Crippen molar-refractivity contribution in [3.63, 3.8) is 0 Å². The van der Waals surface area contributed by atoms with E-state index in [-0.39, 0.29) is 4.90 Å². The van der Waals surface area contributed by atoms with E-state index in [1.165, 1.54) is 0 Å². The van der Waals surface area contributed by atoms with Gasteiger partial charge < -0.3 is 9.80 Å². The van der Waals surface area contributed by atoms with Crippen molar-refractivity contribution in [2.24, 2.45) is 0 Å². The number of hydrogen-bond acceptors (Lipinski definition) is 4. The SMILES string of the molecule is CCN1CCN(c2ccccc2NS(=O)(=O)c2ccc(Br)cc2)CC1. The van der Waals surface area contributed by atoms with Crippen molar-refractivity contribution in [2.45, 2.75) is 11.8 Å². The molecular formula is C18H22BrN3O2S. The minimum atomic E-state index is -3.61. The number of rotatable bonds is 5. The van der Waals surface area contributed by atoms with Crippen molar-refractivity contribution in [3.05, 3.63) is 53.0 Å². The maximum absolute atomic E-state index is 12.7. The van der Waals surface area contributed by atoms with E-state index in [0.29, 0.717) is 5.69 Å². The fourth-order valence-corrected chi connectivity index (χ4v) is 4.30. The largest absolute Gasteiger partial charge is 0.367 e. The smallest absolute Gasteiger partial charge is 0.261 e. The maximum atomic E-state index is 12.7. The minimum Gasteiger partial charge on any atom is -0.367 e. The van der Waals surface area contributed by atoms with Gasteiger partial charge in [0.1, 0.15) is 0 Å². The summed E-state index contributed by atoms with van der Waals surface area (Å²) < 4.78 is 29.0. The molecule has 5 nitrogen and oxygen atoms in total. The summed E-state index contributed by atoms with van der Waals surface area (Å²) in [4.78, 5) is 4.89. The molecule has 1 aliphatic heterocycles. The molecule has 25 heavy (non-hydrogen) atoms. The molecule has 0 bridgehead atoms. The molecule has 134 valence electrons. The summed E-state index contributed by atoms with van der Waals surface area (Å²) in [5, 5.41) is 0. The molecule has 0 unspecified atom stereocenters. The van der Waals surface area contributed by atoms with E-state index < -0.39 is 10.0 Å². The van der Waals surface area contributed by atoms with Crippen LogP contribution in [-0.2, 0) is 10.0 Å². The Bertz CT molecular complexity index is 816. The molecule has 0 atom stereocenters. The Labute approximate surface area is 157 Å². The predicted octanol–water partition coefficient (Wildman–Crippen LogP) is 3.39. The Morgan fingerprint density at radius 3 is 2.28 bits per heavy atom. The van der Waals surface area contributed by atoms with E-state index in [4.69, 9.17) is 0 Å². The molecule has 2 aromatic carbocycles. The average Bonchev–Trinajstić information content (AvgIpc) is 2.62. The van der Waals surface area contributed by atoms with Crippen molar-refractivity contribution in [3.8, 4) is 0 Å². The fraction of sp³-hybridized carbons (Fsp3) is 0.333. The molecule has 1 saturated heterocycles. The zero-order chi connectivity index (χ0) is 17.9. The highest BCUT2D eigenvalue weighted by molar-refractivity contribution is 9.10. The number of likely N-dealkylation sites (N-methyl/N-ethyl adjacent to an activating group) is 1. The van der Waals surface area contributed by atoms with Gasteiger partial charge in [0.15, 0.2) is 0 Å². The zero-order valence-corrected chi connectivity index (χ0v) is 16.6. The summed E-state index contributed by atoms with van der Waals surface area (Å²) in [6.07, 6.45) is 0.